The molecular weight excluding hydrogens is 276 g/mol. The second-order valence-electron chi connectivity index (χ2n) is 6.41. The lowest BCUT2D eigenvalue weighted by molar-refractivity contribution is -0.130. The van der Waals surface area contributed by atoms with Crippen molar-refractivity contribution in [3.05, 3.63) is 35.9 Å². The third-order valence-electron chi connectivity index (χ3n) is 4.85. The Balaban J connectivity index is 1.45. The van der Waals surface area contributed by atoms with Crippen LogP contribution in [0.3, 0.4) is 0 Å². The number of likely N-dealkylation sites (tertiary alicyclic amines) is 1. The van der Waals surface area contributed by atoms with E-state index < -0.39 is 0 Å². The van der Waals surface area contributed by atoms with Crippen molar-refractivity contribution in [3.63, 3.8) is 0 Å². The predicted octanol–water partition coefficient (Wildman–Crippen LogP) is 2.14. The monoisotopic (exact) mass is 300 g/mol. The second kappa shape index (κ2) is 6.95. The van der Waals surface area contributed by atoms with Crippen molar-refractivity contribution in [2.75, 3.05) is 13.1 Å². The molecule has 118 valence electrons. The number of rotatable bonds is 5. The van der Waals surface area contributed by atoms with Crippen LogP contribution in [-0.2, 0) is 16.0 Å². The zero-order valence-electron chi connectivity index (χ0n) is 13.0. The van der Waals surface area contributed by atoms with Gasteiger partial charge in [0, 0.05) is 25.6 Å². The van der Waals surface area contributed by atoms with Crippen molar-refractivity contribution in [2.24, 2.45) is 5.92 Å². The van der Waals surface area contributed by atoms with Crippen LogP contribution in [0.4, 0.5) is 0 Å². The molecule has 0 unspecified atom stereocenters. The maximum atomic E-state index is 12.3. The molecule has 1 saturated heterocycles. The van der Waals surface area contributed by atoms with Crippen LogP contribution < -0.4 is 5.32 Å². The van der Waals surface area contributed by atoms with Crippen molar-refractivity contribution >= 4 is 11.8 Å². The minimum absolute atomic E-state index is 0.0322. The Labute approximate surface area is 131 Å². The van der Waals surface area contributed by atoms with Crippen molar-refractivity contribution < 1.29 is 9.59 Å². The third-order valence-corrected chi connectivity index (χ3v) is 4.85. The maximum absolute atomic E-state index is 12.3. The van der Waals surface area contributed by atoms with E-state index >= 15 is 0 Å². The fourth-order valence-corrected chi connectivity index (χ4v) is 3.60. The predicted molar refractivity (Wildman–Crippen MR) is 85.2 cm³/mol. The highest BCUT2D eigenvalue weighted by atomic mass is 16.2. The van der Waals surface area contributed by atoms with E-state index in [0.29, 0.717) is 25.6 Å². The van der Waals surface area contributed by atoms with Crippen molar-refractivity contribution in [1.29, 1.82) is 0 Å². The number of amides is 2. The van der Waals surface area contributed by atoms with Crippen molar-refractivity contribution in [2.45, 2.75) is 44.6 Å². The SMILES string of the molecule is O=C(NCCc1ccccc1)[C@@H]1CC(=O)N(C2CCCC2)C1. The summed E-state index contributed by atoms with van der Waals surface area (Å²) in [5.41, 5.74) is 1.22. The summed E-state index contributed by atoms with van der Waals surface area (Å²) in [6.45, 7) is 1.25. The normalized spacial score (nSPS) is 22.3. The number of nitrogens with one attached hydrogen (secondary N) is 1. The molecule has 1 heterocycles. The number of hydrogen-bond acceptors (Lipinski definition) is 2. The Morgan fingerprint density at radius 3 is 2.64 bits per heavy atom. The molecule has 0 radical (unpaired) electrons. The second-order valence-corrected chi connectivity index (χ2v) is 6.41. The van der Waals surface area contributed by atoms with Crippen LogP contribution >= 0.6 is 0 Å². The Morgan fingerprint density at radius 2 is 1.91 bits per heavy atom. The average Bonchev–Trinajstić information content (AvgIpc) is 3.17. The summed E-state index contributed by atoms with van der Waals surface area (Å²) in [6, 6.07) is 10.5. The largest absolute Gasteiger partial charge is 0.355 e. The highest BCUT2D eigenvalue weighted by Gasteiger charge is 2.38. The lowest BCUT2D eigenvalue weighted by atomic mass is 10.1. The van der Waals surface area contributed by atoms with E-state index in [9.17, 15) is 9.59 Å². The number of carbonyl (C=O) groups excluding carboxylic acids is 2. The molecule has 0 spiro atoms. The summed E-state index contributed by atoms with van der Waals surface area (Å²) in [4.78, 5) is 26.3. The number of carbonyl (C=O) groups is 2. The van der Waals surface area contributed by atoms with Gasteiger partial charge in [0.1, 0.15) is 0 Å². The summed E-state index contributed by atoms with van der Waals surface area (Å²) >= 11 is 0. The summed E-state index contributed by atoms with van der Waals surface area (Å²) in [5, 5.41) is 2.99. The molecule has 1 aromatic rings. The summed E-state index contributed by atoms with van der Waals surface area (Å²) in [5.74, 6) is 0.0313. The van der Waals surface area contributed by atoms with Crippen LogP contribution in [0.25, 0.3) is 0 Å². The van der Waals surface area contributed by atoms with Gasteiger partial charge in [-0.05, 0) is 24.8 Å². The van der Waals surface area contributed by atoms with Gasteiger partial charge in [0.05, 0.1) is 5.92 Å². The van der Waals surface area contributed by atoms with Crippen molar-refractivity contribution in [1.82, 2.24) is 10.2 Å². The highest BCUT2D eigenvalue weighted by molar-refractivity contribution is 5.89. The Bertz CT molecular complexity index is 523. The molecule has 0 bridgehead atoms. The van der Waals surface area contributed by atoms with E-state index in [2.05, 4.69) is 17.4 Å². The van der Waals surface area contributed by atoms with Gasteiger partial charge in [0.15, 0.2) is 0 Å². The van der Waals surface area contributed by atoms with E-state index in [0.717, 1.165) is 19.3 Å². The van der Waals surface area contributed by atoms with E-state index in [1.54, 1.807) is 0 Å². The smallest absolute Gasteiger partial charge is 0.225 e. The Morgan fingerprint density at radius 1 is 1.18 bits per heavy atom. The van der Waals surface area contributed by atoms with Gasteiger partial charge in [0.25, 0.3) is 0 Å². The average molecular weight is 300 g/mol. The molecule has 2 amide bonds. The van der Waals surface area contributed by atoms with Gasteiger partial charge in [-0.25, -0.2) is 0 Å². The van der Waals surface area contributed by atoms with Gasteiger partial charge in [-0.1, -0.05) is 43.2 Å². The molecule has 1 saturated carbocycles. The summed E-state index contributed by atoms with van der Waals surface area (Å²) in [6.07, 6.45) is 5.85. The Hall–Kier alpha value is -1.84. The molecule has 3 rings (SSSR count). The van der Waals surface area contributed by atoms with Gasteiger partial charge in [-0.2, -0.15) is 0 Å². The van der Waals surface area contributed by atoms with Gasteiger partial charge in [-0.3, -0.25) is 9.59 Å². The minimum atomic E-state index is -0.163. The third kappa shape index (κ3) is 3.49. The lowest BCUT2D eigenvalue weighted by Crippen LogP contribution is -2.37. The molecule has 1 atom stereocenters. The van der Waals surface area contributed by atoms with Crippen LogP contribution in [-0.4, -0.2) is 35.8 Å². The molecule has 1 aliphatic heterocycles. The molecule has 4 heteroatoms. The fourth-order valence-electron chi connectivity index (χ4n) is 3.60. The highest BCUT2D eigenvalue weighted by Crippen LogP contribution is 2.29. The van der Waals surface area contributed by atoms with Gasteiger partial charge >= 0.3 is 0 Å². The van der Waals surface area contributed by atoms with Gasteiger partial charge in [0.2, 0.25) is 11.8 Å². The van der Waals surface area contributed by atoms with E-state index in [-0.39, 0.29) is 17.7 Å². The first kappa shape index (κ1) is 15.1. The number of benzene rings is 1. The molecule has 22 heavy (non-hydrogen) atoms. The lowest BCUT2D eigenvalue weighted by Gasteiger charge is -2.23. The minimum Gasteiger partial charge on any atom is -0.355 e. The van der Waals surface area contributed by atoms with E-state index in [4.69, 9.17) is 0 Å². The quantitative estimate of drug-likeness (QED) is 0.905. The number of hydrogen-bond donors (Lipinski definition) is 1. The van der Waals surface area contributed by atoms with E-state index in [1.165, 1.54) is 18.4 Å². The summed E-state index contributed by atoms with van der Waals surface area (Å²) < 4.78 is 0. The van der Waals surface area contributed by atoms with Crippen LogP contribution in [0.15, 0.2) is 30.3 Å². The molecular formula is C18H24N2O2. The first-order valence-corrected chi connectivity index (χ1v) is 8.35. The standard InChI is InChI=1S/C18H24N2O2/c21-17-12-15(13-20(17)16-8-4-5-9-16)18(22)19-11-10-14-6-2-1-3-7-14/h1-3,6-7,15-16H,4-5,8-13H2,(H,19,22)/t15-/m1/s1. The summed E-state index contributed by atoms with van der Waals surface area (Å²) in [7, 11) is 0. The molecule has 4 nitrogen and oxygen atoms in total. The first-order chi connectivity index (χ1) is 10.7. The molecule has 1 aliphatic carbocycles. The van der Waals surface area contributed by atoms with Crippen LogP contribution in [0, 0.1) is 5.92 Å². The zero-order chi connectivity index (χ0) is 15.4. The number of nitrogens with zero attached hydrogens (tertiary/aromatic N) is 1. The molecule has 1 aromatic carbocycles. The fraction of sp³-hybridized carbons (Fsp3) is 0.556. The van der Waals surface area contributed by atoms with Gasteiger partial charge in [-0.15, -0.1) is 0 Å². The van der Waals surface area contributed by atoms with E-state index in [1.807, 2.05) is 23.1 Å². The first-order valence-electron chi connectivity index (χ1n) is 8.35. The van der Waals surface area contributed by atoms with Crippen LogP contribution in [0.1, 0.15) is 37.7 Å². The van der Waals surface area contributed by atoms with Crippen LogP contribution in [0.5, 0.6) is 0 Å². The molecule has 2 aliphatic rings. The zero-order valence-corrected chi connectivity index (χ0v) is 13.0. The molecule has 2 fully saturated rings. The van der Waals surface area contributed by atoms with Crippen molar-refractivity contribution in [3.8, 4) is 0 Å². The molecule has 1 N–H and O–H groups in total. The molecule has 0 aromatic heterocycles. The van der Waals surface area contributed by atoms with Gasteiger partial charge < -0.3 is 10.2 Å². The topological polar surface area (TPSA) is 49.4 Å². The Kier molecular flexibility index (Phi) is 4.76. The van der Waals surface area contributed by atoms with Crippen LogP contribution in [0.2, 0.25) is 0 Å². The maximum Gasteiger partial charge on any atom is 0.225 e.